The van der Waals surface area contributed by atoms with Gasteiger partial charge in [0.15, 0.2) is 0 Å². The highest BCUT2D eigenvalue weighted by Gasteiger charge is 2.57. The van der Waals surface area contributed by atoms with E-state index in [0.717, 1.165) is 13.8 Å². The average Bonchev–Trinajstić information content (AvgIpc) is 2.12. The van der Waals surface area contributed by atoms with Crippen LogP contribution in [0.3, 0.4) is 0 Å². The van der Waals surface area contributed by atoms with Crippen LogP contribution in [-0.2, 0) is 9.53 Å². The van der Waals surface area contributed by atoms with E-state index in [-0.39, 0.29) is 6.61 Å². The predicted molar refractivity (Wildman–Crippen MR) is 51.9 cm³/mol. The Bertz CT molecular complexity index is 301. The van der Waals surface area contributed by atoms with Gasteiger partial charge in [-0.1, -0.05) is 0 Å². The van der Waals surface area contributed by atoms with Crippen LogP contribution < -0.4 is 0 Å². The highest BCUT2D eigenvalue weighted by atomic mass is 19.4. The summed E-state index contributed by atoms with van der Waals surface area (Å²) in [5.41, 5.74) is -2.27. The molecule has 0 aromatic rings. The summed E-state index contributed by atoms with van der Waals surface area (Å²) in [6.07, 6.45) is -5.88. The minimum atomic E-state index is -4.83. The molecule has 17 heavy (non-hydrogen) atoms. The number of carbonyl (C=O) groups is 1. The number of ether oxygens (including phenoxy) is 1. The van der Waals surface area contributed by atoms with Gasteiger partial charge in [-0.15, -0.1) is 0 Å². The first-order valence-corrected chi connectivity index (χ1v) is 4.90. The van der Waals surface area contributed by atoms with Gasteiger partial charge in [0.25, 0.3) is 0 Å². The minimum Gasteiger partial charge on any atom is -0.466 e. The maximum Gasteiger partial charge on any atom is 0.399 e. The van der Waals surface area contributed by atoms with E-state index in [0.29, 0.717) is 0 Å². The molecule has 1 atom stereocenters. The molecule has 0 saturated heterocycles. The van der Waals surface area contributed by atoms with E-state index < -0.39 is 34.9 Å². The monoisotopic (exact) mass is 257 g/mol. The Kier molecular flexibility index (Phi) is 4.91. The summed E-state index contributed by atoms with van der Waals surface area (Å²) in [6, 6.07) is 0. The third-order valence-electron chi connectivity index (χ3n) is 2.39. The molecule has 8 heteroatoms. The molecule has 0 spiro atoms. The van der Waals surface area contributed by atoms with Crippen molar-refractivity contribution in [3.05, 3.63) is 10.1 Å². The third kappa shape index (κ3) is 4.20. The SMILES string of the molecule is CCOC(=O)C[C@H](C(F)(F)F)C(C)(C)[N+](=O)[O-]. The summed E-state index contributed by atoms with van der Waals surface area (Å²) >= 11 is 0. The van der Waals surface area contributed by atoms with Crippen molar-refractivity contribution < 1.29 is 27.6 Å². The lowest BCUT2D eigenvalue weighted by atomic mass is 9.85. The molecule has 0 aliphatic carbocycles. The zero-order chi connectivity index (χ0) is 13.9. The van der Waals surface area contributed by atoms with E-state index in [1.54, 1.807) is 0 Å². The van der Waals surface area contributed by atoms with Crippen molar-refractivity contribution >= 4 is 5.97 Å². The number of esters is 1. The average molecular weight is 257 g/mol. The molecule has 0 N–H and O–H groups in total. The Hall–Kier alpha value is -1.34. The van der Waals surface area contributed by atoms with Crippen LogP contribution in [0.2, 0.25) is 0 Å². The fourth-order valence-electron chi connectivity index (χ4n) is 1.28. The van der Waals surface area contributed by atoms with Gasteiger partial charge in [-0.2, -0.15) is 13.2 Å². The van der Waals surface area contributed by atoms with Gasteiger partial charge in [0.2, 0.25) is 5.54 Å². The summed E-state index contributed by atoms with van der Waals surface area (Å²) in [7, 11) is 0. The topological polar surface area (TPSA) is 69.4 Å². The molecule has 0 radical (unpaired) electrons. The van der Waals surface area contributed by atoms with Crippen molar-refractivity contribution in [2.45, 2.75) is 38.9 Å². The fraction of sp³-hybridized carbons (Fsp3) is 0.889. The molecule has 0 aromatic carbocycles. The molecule has 5 nitrogen and oxygen atoms in total. The summed E-state index contributed by atoms with van der Waals surface area (Å²) < 4.78 is 42.4. The molecule has 0 aromatic heterocycles. The number of carbonyl (C=O) groups excluding carboxylic acids is 1. The predicted octanol–water partition coefficient (Wildman–Crippen LogP) is 2.17. The molecule has 0 amide bonds. The van der Waals surface area contributed by atoms with Crippen LogP contribution >= 0.6 is 0 Å². The summed E-state index contributed by atoms with van der Waals surface area (Å²) in [6.45, 7) is 3.05. The van der Waals surface area contributed by atoms with Crippen molar-refractivity contribution in [2.75, 3.05) is 6.61 Å². The second kappa shape index (κ2) is 5.33. The number of nitro groups is 1. The lowest BCUT2D eigenvalue weighted by Crippen LogP contribution is -2.48. The van der Waals surface area contributed by atoms with Crippen molar-refractivity contribution in [3.63, 3.8) is 0 Å². The van der Waals surface area contributed by atoms with Crippen LogP contribution in [0.5, 0.6) is 0 Å². The number of nitrogens with zero attached hydrogens (tertiary/aromatic N) is 1. The smallest absolute Gasteiger partial charge is 0.399 e. The minimum absolute atomic E-state index is 0.0672. The zero-order valence-corrected chi connectivity index (χ0v) is 9.71. The summed E-state index contributed by atoms with van der Waals surface area (Å²) in [5, 5.41) is 10.6. The first-order chi connectivity index (χ1) is 7.53. The number of rotatable bonds is 5. The van der Waals surface area contributed by atoms with Crippen molar-refractivity contribution in [1.82, 2.24) is 0 Å². The van der Waals surface area contributed by atoms with Crippen LogP contribution in [0, 0.1) is 16.0 Å². The summed E-state index contributed by atoms with van der Waals surface area (Å²) in [5.74, 6) is -3.46. The van der Waals surface area contributed by atoms with Crippen molar-refractivity contribution in [1.29, 1.82) is 0 Å². The van der Waals surface area contributed by atoms with Crippen molar-refractivity contribution in [3.8, 4) is 0 Å². The highest BCUT2D eigenvalue weighted by molar-refractivity contribution is 5.69. The van der Waals surface area contributed by atoms with E-state index in [1.165, 1.54) is 6.92 Å². The van der Waals surface area contributed by atoms with Crippen LogP contribution in [0.4, 0.5) is 13.2 Å². The maximum atomic E-state index is 12.7. The van der Waals surface area contributed by atoms with Gasteiger partial charge in [0, 0.05) is 18.8 Å². The van der Waals surface area contributed by atoms with E-state index >= 15 is 0 Å². The molecule has 0 unspecified atom stereocenters. The molecule has 0 rings (SSSR count). The maximum absolute atomic E-state index is 12.7. The van der Waals surface area contributed by atoms with Gasteiger partial charge in [-0.3, -0.25) is 14.9 Å². The molecule has 100 valence electrons. The lowest BCUT2D eigenvalue weighted by molar-refractivity contribution is -0.580. The molecule has 0 aliphatic rings. The Morgan fingerprint density at radius 3 is 2.18 bits per heavy atom. The van der Waals surface area contributed by atoms with Gasteiger partial charge in [0.1, 0.15) is 5.92 Å². The van der Waals surface area contributed by atoms with Crippen LogP contribution in [-0.4, -0.2) is 29.2 Å². The molecule has 0 fully saturated rings. The van der Waals surface area contributed by atoms with Crippen molar-refractivity contribution in [2.24, 2.45) is 5.92 Å². The van der Waals surface area contributed by atoms with Gasteiger partial charge >= 0.3 is 12.1 Å². The number of alkyl halides is 3. The number of hydrogen-bond donors (Lipinski definition) is 0. The first kappa shape index (κ1) is 15.7. The zero-order valence-electron chi connectivity index (χ0n) is 9.71. The van der Waals surface area contributed by atoms with E-state index in [4.69, 9.17) is 0 Å². The van der Waals surface area contributed by atoms with Gasteiger partial charge in [-0.25, -0.2) is 0 Å². The largest absolute Gasteiger partial charge is 0.466 e. The second-order valence-corrected chi connectivity index (χ2v) is 4.01. The molecule has 0 heterocycles. The van der Waals surface area contributed by atoms with Crippen LogP contribution in [0.25, 0.3) is 0 Å². The molecule has 0 saturated carbocycles. The highest BCUT2D eigenvalue weighted by Crippen LogP contribution is 2.38. The molecule has 0 aliphatic heterocycles. The van der Waals surface area contributed by atoms with E-state index in [1.807, 2.05) is 0 Å². The summed E-state index contributed by atoms with van der Waals surface area (Å²) in [4.78, 5) is 20.6. The Labute approximate surface area is 96.1 Å². The fourth-order valence-corrected chi connectivity index (χ4v) is 1.28. The first-order valence-electron chi connectivity index (χ1n) is 4.90. The Morgan fingerprint density at radius 2 is 1.88 bits per heavy atom. The van der Waals surface area contributed by atoms with Crippen LogP contribution in [0.15, 0.2) is 0 Å². The lowest BCUT2D eigenvalue weighted by Gasteiger charge is -2.27. The van der Waals surface area contributed by atoms with E-state index in [9.17, 15) is 28.1 Å². The Balaban J connectivity index is 5.04. The van der Waals surface area contributed by atoms with Gasteiger partial charge in [-0.05, 0) is 6.92 Å². The standard InChI is InChI=1S/C9H14F3NO4/c1-4-17-7(14)5-6(9(10,11)12)8(2,3)13(15)16/h6H,4-5H2,1-3H3/t6-/m0/s1. The number of halogens is 3. The molecular formula is C9H14F3NO4. The van der Waals surface area contributed by atoms with Gasteiger partial charge < -0.3 is 4.74 Å². The quantitative estimate of drug-likeness (QED) is 0.430. The molecular weight excluding hydrogens is 243 g/mol. The number of hydrogen-bond acceptors (Lipinski definition) is 4. The normalized spacial score (nSPS) is 14.2. The molecule has 0 bridgehead atoms. The second-order valence-electron chi connectivity index (χ2n) is 4.01. The van der Waals surface area contributed by atoms with Gasteiger partial charge in [0.05, 0.1) is 13.0 Å². The van der Waals surface area contributed by atoms with Crippen LogP contribution in [0.1, 0.15) is 27.2 Å². The van der Waals surface area contributed by atoms with E-state index in [2.05, 4.69) is 4.74 Å². The third-order valence-corrected chi connectivity index (χ3v) is 2.39. The Morgan fingerprint density at radius 1 is 1.41 bits per heavy atom.